The van der Waals surface area contributed by atoms with Gasteiger partial charge < -0.3 is 19.7 Å². The van der Waals surface area contributed by atoms with Crippen molar-refractivity contribution in [3.05, 3.63) is 48.4 Å². The van der Waals surface area contributed by atoms with E-state index in [4.69, 9.17) is 9.84 Å². The van der Waals surface area contributed by atoms with Crippen molar-refractivity contribution in [1.29, 1.82) is 0 Å². The Hall–Kier alpha value is -3.33. The number of carboxylic acid groups (broad SMARTS) is 1. The van der Waals surface area contributed by atoms with Gasteiger partial charge in [0, 0.05) is 36.8 Å². The third-order valence-electron chi connectivity index (χ3n) is 7.03. The first-order valence-electron chi connectivity index (χ1n) is 12.3. The highest BCUT2D eigenvalue weighted by Crippen LogP contribution is 2.31. The Morgan fingerprint density at radius 2 is 1.57 bits per heavy atom. The summed E-state index contributed by atoms with van der Waals surface area (Å²) in [4.78, 5) is 21.0. The SMILES string of the molecule is O=C(O)C[C@H]1CC[C@H](OC2CCN(c3ccc(-c4nnc(-c5ccc(F)cc5)[nH]4)cn3)CC2)CC1. The number of rotatable bonds is 7. The summed E-state index contributed by atoms with van der Waals surface area (Å²) < 4.78 is 19.5. The number of halogens is 1. The van der Waals surface area contributed by atoms with E-state index in [1.165, 1.54) is 12.1 Å². The van der Waals surface area contributed by atoms with Crippen molar-refractivity contribution in [2.75, 3.05) is 18.0 Å². The lowest BCUT2D eigenvalue weighted by Gasteiger charge is -2.36. The van der Waals surface area contributed by atoms with Crippen LogP contribution in [0.1, 0.15) is 44.9 Å². The van der Waals surface area contributed by atoms with Gasteiger partial charge >= 0.3 is 5.97 Å². The fraction of sp³-hybridized carbons (Fsp3) is 0.462. The molecule has 1 aliphatic heterocycles. The van der Waals surface area contributed by atoms with Crippen LogP contribution in [0.15, 0.2) is 42.6 Å². The zero-order chi connectivity index (χ0) is 24.2. The second-order valence-electron chi connectivity index (χ2n) is 9.50. The molecule has 35 heavy (non-hydrogen) atoms. The van der Waals surface area contributed by atoms with Gasteiger partial charge in [-0.25, -0.2) is 9.37 Å². The zero-order valence-corrected chi connectivity index (χ0v) is 19.6. The zero-order valence-electron chi connectivity index (χ0n) is 19.6. The van der Waals surface area contributed by atoms with E-state index < -0.39 is 5.97 Å². The highest BCUT2D eigenvalue weighted by atomic mass is 19.1. The van der Waals surface area contributed by atoms with Crippen molar-refractivity contribution in [2.24, 2.45) is 5.92 Å². The number of ether oxygens (including phenoxy) is 1. The molecule has 3 heterocycles. The minimum Gasteiger partial charge on any atom is -0.481 e. The Morgan fingerprint density at radius 3 is 2.20 bits per heavy atom. The van der Waals surface area contributed by atoms with E-state index in [9.17, 15) is 9.18 Å². The topological polar surface area (TPSA) is 104 Å². The maximum Gasteiger partial charge on any atom is 0.303 e. The van der Waals surface area contributed by atoms with Gasteiger partial charge in [0.25, 0.3) is 0 Å². The van der Waals surface area contributed by atoms with Crippen molar-refractivity contribution in [1.82, 2.24) is 20.2 Å². The Bertz CT molecular complexity index is 1120. The number of hydrogen-bond acceptors (Lipinski definition) is 6. The lowest BCUT2D eigenvalue weighted by atomic mass is 9.85. The van der Waals surface area contributed by atoms with Crippen LogP contribution in [-0.2, 0) is 9.53 Å². The first-order valence-corrected chi connectivity index (χ1v) is 12.3. The quantitative estimate of drug-likeness (QED) is 0.506. The summed E-state index contributed by atoms with van der Waals surface area (Å²) in [5.74, 6) is 1.45. The number of H-pyrrole nitrogens is 1. The lowest BCUT2D eigenvalue weighted by Crippen LogP contribution is -2.39. The second kappa shape index (κ2) is 10.5. The van der Waals surface area contributed by atoms with Crippen LogP contribution >= 0.6 is 0 Å². The summed E-state index contributed by atoms with van der Waals surface area (Å²) in [5, 5.41) is 17.4. The van der Waals surface area contributed by atoms with Crippen molar-refractivity contribution >= 4 is 11.8 Å². The van der Waals surface area contributed by atoms with Crippen LogP contribution in [0.2, 0.25) is 0 Å². The van der Waals surface area contributed by atoms with Crippen LogP contribution in [0.3, 0.4) is 0 Å². The fourth-order valence-electron chi connectivity index (χ4n) is 5.06. The first-order chi connectivity index (χ1) is 17.0. The minimum atomic E-state index is -0.695. The van der Waals surface area contributed by atoms with E-state index in [0.717, 1.165) is 68.6 Å². The number of aromatic amines is 1. The molecule has 184 valence electrons. The third-order valence-corrected chi connectivity index (χ3v) is 7.03. The molecule has 0 amide bonds. The largest absolute Gasteiger partial charge is 0.481 e. The number of nitrogens with one attached hydrogen (secondary N) is 1. The maximum absolute atomic E-state index is 13.2. The molecule has 1 aromatic carbocycles. The Morgan fingerprint density at radius 1 is 0.943 bits per heavy atom. The molecule has 2 aliphatic rings. The van der Waals surface area contributed by atoms with Crippen LogP contribution in [0.5, 0.6) is 0 Å². The predicted molar refractivity (Wildman–Crippen MR) is 129 cm³/mol. The van der Waals surface area contributed by atoms with E-state index in [-0.39, 0.29) is 24.4 Å². The average Bonchev–Trinajstić information content (AvgIpc) is 3.36. The van der Waals surface area contributed by atoms with Gasteiger partial charge in [0.1, 0.15) is 11.6 Å². The van der Waals surface area contributed by atoms with Gasteiger partial charge in [0.05, 0.1) is 12.2 Å². The van der Waals surface area contributed by atoms with Crippen molar-refractivity contribution in [3.63, 3.8) is 0 Å². The summed E-state index contributed by atoms with van der Waals surface area (Å²) in [7, 11) is 0. The van der Waals surface area contributed by atoms with Crippen molar-refractivity contribution in [2.45, 2.75) is 57.2 Å². The number of nitrogens with zero attached hydrogens (tertiary/aromatic N) is 4. The molecule has 2 N–H and O–H groups in total. The van der Waals surface area contributed by atoms with Gasteiger partial charge in [0.15, 0.2) is 11.6 Å². The number of aliphatic carboxylic acids is 1. The molecule has 0 atom stereocenters. The molecule has 1 saturated carbocycles. The number of carbonyl (C=O) groups is 1. The van der Waals surface area contributed by atoms with E-state index >= 15 is 0 Å². The number of hydrogen-bond donors (Lipinski definition) is 2. The molecular formula is C26H30FN5O3. The van der Waals surface area contributed by atoms with Gasteiger partial charge in [-0.3, -0.25) is 4.79 Å². The number of aromatic nitrogens is 4. The average molecular weight is 480 g/mol. The molecule has 8 nitrogen and oxygen atoms in total. The smallest absolute Gasteiger partial charge is 0.303 e. The molecule has 2 aromatic heterocycles. The minimum absolute atomic E-state index is 0.255. The molecule has 1 aliphatic carbocycles. The standard InChI is InChI=1S/C26H30FN5O3/c27-20-6-3-18(4-7-20)25-29-26(31-30-25)19-5-10-23(28-16-19)32-13-11-22(12-14-32)35-21-8-1-17(2-9-21)15-24(33)34/h3-7,10,16-17,21-22H,1-2,8-9,11-15H2,(H,33,34)(H,29,30,31)/t17-,21-. The Kier molecular flexibility index (Phi) is 7.03. The number of carboxylic acids is 1. The molecule has 0 unspecified atom stereocenters. The predicted octanol–water partition coefficient (Wildman–Crippen LogP) is 4.69. The van der Waals surface area contributed by atoms with E-state index in [0.29, 0.717) is 17.6 Å². The maximum atomic E-state index is 13.2. The summed E-state index contributed by atoms with van der Waals surface area (Å²) in [6.07, 6.45) is 8.33. The van der Waals surface area contributed by atoms with Crippen LogP contribution in [0.25, 0.3) is 22.8 Å². The summed E-state index contributed by atoms with van der Waals surface area (Å²) >= 11 is 0. The summed E-state index contributed by atoms with van der Waals surface area (Å²) in [6, 6.07) is 10.1. The highest BCUT2D eigenvalue weighted by molar-refractivity contribution is 5.67. The van der Waals surface area contributed by atoms with Crippen LogP contribution in [0.4, 0.5) is 10.2 Å². The van der Waals surface area contributed by atoms with Gasteiger partial charge in [-0.05, 0) is 80.8 Å². The molecule has 0 spiro atoms. The van der Waals surface area contributed by atoms with Crippen molar-refractivity contribution in [3.8, 4) is 22.8 Å². The van der Waals surface area contributed by atoms with Gasteiger partial charge in [0.2, 0.25) is 0 Å². The van der Waals surface area contributed by atoms with Crippen molar-refractivity contribution < 1.29 is 19.0 Å². The highest BCUT2D eigenvalue weighted by Gasteiger charge is 2.28. The third kappa shape index (κ3) is 5.85. The Labute approximate surface area is 203 Å². The summed E-state index contributed by atoms with van der Waals surface area (Å²) in [6.45, 7) is 1.78. The number of piperidine rings is 1. The first kappa shape index (κ1) is 23.4. The number of benzene rings is 1. The van der Waals surface area contributed by atoms with Gasteiger partial charge in [-0.1, -0.05) is 0 Å². The molecule has 9 heteroatoms. The van der Waals surface area contributed by atoms with E-state index in [2.05, 4.69) is 25.1 Å². The van der Waals surface area contributed by atoms with Crippen LogP contribution in [-0.4, -0.2) is 56.5 Å². The summed E-state index contributed by atoms with van der Waals surface area (Å²) in [5.41, 5.74) is 1.61. The van der Waals surface area contributed by atoms with E-state index in [1.54, 1.807) is 18.3 Å². The molecule has 3 aromatic rings. The number of anilines is 1. The van der Waals surface area contributed by atoms with Crippen LogP contribution in [0, 0.1) is 11.7 Å². The molecular weight excluding hydrogens is 449 g/mol. The van der Waals surface area contributed by atoms with Gasteiger partial charge in [-0.2, -0.15) is 0 Å². The molecule has 0 bridgehead atoms. The second-order valence-corrected chi connectivity index (χ2v) is 9.50. The molecule has 0 radical (unpaired) electrons. The molecule has 5 rings (SSSR count). The van der Waals surface area contributed by atoms with Gasteiger partial charge in [-0.15, -0.1) is 10.2 Å². The lowest BCUT2D eigenvalue weighted by molar-refractivity contribution is -0.138. The Balaban J connectivity index is 1.11. The molecule has 2 fully saturated rings. The fourth-order valence-corrected chi connectivity index (χ4v) is 5.06. The normalized spacial score (nSPS) is 21.2. The monoisotopic (exact) mass is 479 g/mol. The number of pyridine rings is 1. The van der Waals surface area contributed by atoms with Crippen LogP contribution < -0.4 is 4.90 Å². The molecule has 1 saturated heterocycles. The van der Waals surface area contributed by atoms with E-state index in [1.807, 2.05) is 12.1 Å².